The van der Waals surface area contributed by atoms with E-state index in [1.54, 1.807) is 24.3 Å². The van der Waals surface area contributed by atoms with Crippen LogP contribution >= 0.6 is 0 Å². The van der Waals surface area contributed by atoms with Crippen LogP contribution < -0.4 is 16.4 Å². The van der Waals surface area contributed by atoms with Crippen molar-refractivity contribution in [3.8, 4) is 11.4 Å². The number of H-pyrrole nitrogens is 1. The molecule has 1 aliphatic rings. The highest BCUT2D eigenvalue weighted by molar-refractivity contribution is 7.89. The summed E-state index contributed by atoms with van der Waals surface area (Å²) in [5, 5.41) is 8.72. The number of hydrogen-bond donors (Lipinski definition) is 3. The molecule has 2 atom stereocenters. The van der Waals surface area contributed by atoms with Crippen LogP contribution in [0.15, 0.2) is 33.6 Å². The highest BCUT2D eigenvalue weighted by Crippen LogP contribution is 2.17. The van der Waals surface area contributed by atoms with Gasteiger partial charge >= 0.3 is 11.8 Å². The normalized spacial score (nSPS) is 20.3. The molecule has 2 unspecified atom stereocenters. The summed E-state index contributed by atoms with van der Waals surface area (Å²) in [5.74, 6) is -0.571. The summed E-state index contributed by atoms with van der Waals surface area (Å²) in [6.45, 7) is 4.25. The zero-order valence-corrected chi connectivity index (χ0v) is 16.9. The van der Waals surface area contributed by atoms with Crippen LogP contribution in [0.3, 0.4) is 0 Å². The second kappa shape index (κ2) is 8.76. The third kappa shape index (κ3) is 5.65. The number of hydrogen-bond acceptors (Lipinski definition) is 7. The van der Waals surface area contributed by atoms with Crippen molar-refractivity contribution in [3.63, 3.8) is 0 Å². The van der Waals surface area contributed by atoms with Crippen LogP contribution in [0.2, 0.25) is 0 Å². The molecule has 2 aromatic rings. The predicted octanol–water partition coefficient (Wildman–Crippen LogP) is 0.590. The molecule has 2 amide bonds. The zero-order chi connectivity index (χ0) is 21.0. The van der Waals surface area contributed by atoms with E-state index in [4.69, 9.17) is 4.74 Å². The Bertz CT molecular complexity index is 990. The molecule has 0 saturated carbocycles. The molecule has 1 aromatic heterocycles. The number of benzene rings is 1. The largest absolute Gasteiger partial charge is 0.439 e. The summed E-state index contributed by atoms with van der Waals surface area (Å²) < 4.78 is 36.3. The number of carbonyl (C=O) groups excluding carboxylic acids is 1. The van der Waals surface area contributed by atoms with Crippen LogP contribution in [0.1, 0.15) is 13.8 Å². The fourth-order valence-electron chi connectivity index (χ4n) is 3.02. The van der Waals surface area contributed by atoms with Gasteiger partial charge in [0.2, 0.25) is 10.0 Å². The number of aromatic amines is 1. The number of ether oxygens (including phenoxy) is 1. The van der Waals surface area contributed by atoms with Gasteiger partial charge in [0.25, 0.3) is 0 Å². The summed E-state index contributed by atoms with van der Waals surface area (Å²) in [7, 11) is -3.49. The number of nitrogens with one attached hydrogen (secondary N) is 3. The maximum Gasteiger partial charge on any atom is 0.439 e. The van der Waals surface area contributed by atoms with E-state index in [0.29, 0.717) is 24.3 Å². The third-order valence-electron chi connectivity index (χ3n) is 4.28. The molecule has 158 valence electrons. The maximum absolute atomic E-state index is 12.5. The minimum absolute atomic E-state index is 0.0213. The number of rotatable bonds is 6. The van der Waals surface area contributed by atoms with E-state index in [9.17, 15) is 18.0 Å². The van der Waals surface area contributed by atoms with Crippen LogP contribution in [0.5, 0.6) is 0 Å². The Morgan fingerprint density at radius 3 is 2.48 bits per heavy atom. The lowest BCUT2D eigenvalue weighted by Crippen LogP contribution is -2.49. The third-order valence-corrected chi connectivity index (χ3v) is 6.09. The lowest BCUT2D eigenvalue weighted by molar-refractivity contribution is -0.0440. The molecule has 3 N–H and O–H groups in total. The molecule has 1 aliphatic heterocycles. The smallest absolute Gasteiger partial charge is 0.373 e. The monoisotopic (exact) mass is 425 g/mol. The lowest BCUT2D eigenvalue weighted by Gasteiger charge is -2.34. The summed E-state index contributed by atoms with van der Waals surface area (Å²) in [5.41, 5.74) is 1.11. The molecule has 1 saturated heterocycles. The standard InChI is InChI=1S/C17H23N5O6S/c1-11-9-22(10-12(2)27-11)29(25,26)8-7-18-16(23)19-14-5-3-13(4-6-14)15-20-17(24)28-21-15/h3-6,11-12H,7-10H2,1-2H3,(H2,18,19,23)(H,20,21,24). The van der Waals surface area contributed by atoms with E-state index < -0.39 is 21.8 Å². The second-order valence-electron chi connectivity index (χ2n) is 6.79. The minimum atomic E-state index is -3.49. The molecule has 0 aliphatic carbocycles. The minimum Gasteiger partial charge on any atom is -0.373 e. The van der Waals surface area contributed by atoms with Crippen molar-refractivity contribution >= 4 is 21.7 Å². The quantitative estimate of drug-likeness (QED) is 0.614. The number of urea groups is 1. The van der Waals surface area contributed by atoms with Gasteiger partial charge in [0.1, 0.15) is 0 Å². The Kier molecular flexibility index (Phi) is 6.35. The highest BCUT2D eigenvalue weighted by Gasteiger charge is 2.30. The van der Waals surface area contributed by atoms with Crippen LogP contribution in [-0.2, 0) is 14.8 Å². The zero-order valence-electron chi connectivity index (χ0n) is 16.0. The van der Waals surface area contributed by atoms with Crippen molar-refractivity contribution in [2.75, 3.05) is 30.7 Å². The molecule has 11 nitrogen and oxygen atoms in total. The Morgan fingerprint density at radius 1 is 1.24 bits per heavy atom. The Balaban J connectivity index is 1.48. The summed E-state index contributed by atoms with van der Waals surface area (Å²) >= 11 is 0. The molecule has 1 fully saturated rings. The number of sulfonamides is 1. The first-order valence-corrected chi connectivity index (χ1v) is 10.7. The van der Waals surface area contributed by atoms with E-state index in [1.165, 1.54) is 4.31 Å². The van der Waals surface area contributed by atoms with Gasteiger partial charge in [0, 0.05) is 30.9 Å². The second-order valence-corrected chi connectivity index (χ2v) is 8.88. The van der Waals surface area contributed by atoms with Crippen LogP contribution in [0, 0.1) is 0 Å². The first-order chi connectivity index (χ1) is 13.7. The number of morpholine rings is 1. The molecular weight excluding hydrogens is 402 g/mol. The highest BCUT2D eigenvalue weighted by atomic mass is 32.2. The van der Waals surface area contributed by atoms with Gasteiger partial charge in [-0.1, -0.05) is 5.16 Å². The van der Waals surface area contributed by atoms with Crippen molar-refractivity contribution in [2.24, 2.45) is 0 Å². The number of aromatic nitrogens is 2. The molecule has 29 heavy (non-hydrogen) atoms. The Morgan fingerprint density at radius 2 is 1.90 bits per heavy atom. The van der Waals surface area contributed by atoms with Crippen molar-refractivity contribution in [2.45, 2.75) is 26.1 Å². The van der Waals surface area contributed by atoms with Gasteiger partial charge in [0.15, 0.2) is 5.82 Å². The van der Waals surface area contributed by atoms with Gasteiger partial charge in [-0.3, -0.25) is 9.51 Å². The topological polar surface area (TPSA) is 147 Å². The summed E-state index contributed by atoms with van der Waals surface area (Å²) in [6, 6.07) is 6.01. The number of nitrogens with zero attached hydrogens (tertiary/aromatic N) is 2. The van der Waals surface area contributed by atoms with E-state index in [-0.39, 0.29) is 30.3 Å². The van der Waals surface area contributed by atoms with Crippen molar-refractivity contribution < 1.29 is 22.5 Å². The van der Waals surface area contributed by atoms with Gasteiger partial charge in [-0.2, -0.15) is 4.31 Å². The average molecular weight is 425 g/mol. The van der Waals surface area contributed by atoms with Crippen molar-refractivity contribution in [1.82, 2.24) is 19.8 Å². The molecule has 2 heterocycles. The van der Waals surface area contributed by atoms with E-state index >= 15 is 0 Å². The molecular formula is C17H23N5O6S. The molecule has 3 rings (SSSR count). The van der Waals surface area contributed by atoms with Gasteiger partial charge in [-0.05, 0) is 38.1 Å². The number of amides is 2. The van der Waals surface area contributed by atoms with E-state index in [0.717, 1.165) is 0 Å². The van der Waals surface area contributed by atoms with Gasteiger partial charge < -0.3 is 15.4 Å². The van der Waals surface area contributed by atoms with Gasteiger partial charge in [0.05, 0.1) is 18.0 Å². The molecule has 1 aromatic carbocycles. The number of anilines is 1. The van der Waals surface area contributed by atoms with Crippen LogP contribution in [0.25, 0.3) is 11.4 Å². The first kappa shape index (κ1) is 21.0. The van der Waals surface area contributed by atoms with Gasteiger partial charge in [-0.15, -0.1) is 0 Å². The molecule has 12 heteroatoms. The maximum atomic E-state index is 12.5. The first-order valence-electron chi connectivity index (χ1n) is 9.07. The fourth-order valence-corrected chi connectivity index (χ4v) is 4.51. The van der Waals surface area contributed by atoms with Crippen LogP contribution in [-0.4, -0.2) is 66.5 Å². The number of carbonyl (C=O) groups is 1. The fraction of sp³-hybridized carbons (Fsp3) is 0.471. The van der Waals surface area contributed by atoms with Crippen LogP contribution in [0.4, 0.5) is 10.5 Å². The summed E-state index contributed by atoms with van der Waals surface area (Å²) in [4.78, 5) is 25.4. The van der Waals surface area contributed by atoms with Crippen molar-refractivity contribution in [1.29, 1.82) is 0 Å². The summed E-state index contributed by atoms with van der Waals surface area (Å²) in [6.07, 6.45) is -0.328. The lowest BCUT2D eigenvalue weighted by atomic mass is 10.2. The van der Waals surface area contributed by atoms with E-state index in [2.05, 4.69) is 25.3 Å². The Hall–Kier alpha value is -2.70. The van der Waals surface area contributed by atoms with E-state index in [1.807, 2.05) is 13.8 Å². The predicted molar refractivity (Wildman–Crippen MR) is 105 cm³/mol. The SMILES string of the molecule is CC1CN(S(=O)(=O)CCNC(=O)Nc2ccc(-c3noc(=O)[nH]3)cc2)CC(C)O1. The van der Waals surface area contributed by atoms with Crippen molar-refractivity contribution in [3.05, 3.63) is 34.8 Å². The molecule has 0 radical (unpaired) electrons. The Labute approximate surface area is 167 Å². The average Bonchev–Trinajstić information content (AvgIpc) is 3.08. The van der Waals surface area contributed by atoms with Gasteiger partial charge in [-0.25, -0.2) is 18.0 Å². The molecule has 0 bridgehead atoms. The molecule has 0 spiro atoms.